The fourth-order valence-corrected chi connectivity index (χ4v) is 2.57. The van der Waals surface area contributed by atoms with Crippen molar-refractivity contribution in [1.29, 1.82) is 5.26 Å². The first kappa shape index (κ1) is 14.9. The van der Waals surface area contributed by atoms with E-state index in [4.69, 9.17) is 0 Å². The summed E-state index contributed by atoms with van der Waals surface area (Å²) in [5.41, 5.74) is 1.90. The maximum absolute atomic E-state index is 11.0. The van der Waals surface area contributed by atoms with Crippen LogP contribution in [0.3, 0.4) is 0 Å². The Kier molecular flexibility index (Phi) is 4.80. The summed E-state index contributed by atoms with van der Waals surface area (Å²) in [5.74, 6) is 0. The van der Waals surface area contributed by atoms with Crippen LogP contribution in [0.4, 0.5) is 11.4 Å². The molecule has 6 heteroatoms. The number of nitro groups is 1. The van der Waals surface area contributed by atoms with Crippen LogP contribution in [0.1, 0.15) is 11.1 Å². The summed E-state index contributed by atoms with van der Waals surface area (Å²) >= 11 is 1.49. The number of para-hydroxylation sites is 1. The van der Waals surface area contributed by atoms with Gasteiger partial charge >= 0.3 is 0 Å². The van der Waals surface area contributed by atoms with Gasteiger partial charge in [0, 0.05) is 23.1 Å². The zero-order valence-corrected chi connectivity index (χ0v) is 12.2. The number of hydrogen-bond donors (Lipinski definition) is 1. The van der Waals surface area contributed by atoms with Crippen molar-refractivity contribution in [3.63, 3.8) is 0 Å². The Bertz CT molecular complexity index is 710. The molecule has 0 saturated heterocycles. The van der Waals surface area contributed by atoms with E-state index in [9.17, 15) is 15.4 Å². The van der Waals surface area contributed by atoms with Crippen molar-refractivity contribution < 1.29 is 4.92 Å². The molecule has 2 aromatic carbocycles. The number of nitrogens with zero attached hydrogens (tertiary/aromatic N) is 2. The number of nitro benzene ring substituents is 1. The average Bonchev–Trinajstić information content (AvgIpc) is 2.52. The van der Waals surface area contributed by atoms with Gasteiger partial charge in [0.05, 0.1) is 16.2 Å². The summed E-state index contributed by atoms with van der Waals surface area (Å²) in [4.78, 5) is 11.5. The first-order chi connectivity index (χ1) is 10.2. The highest BCUT2D eigenvalue weighted by atomic mass is 32.2. The molecule has 2 rings (SSSR count). The van der Waals surface area contributed by atoms with E-state index in [-0.39, 0.29) is 5.69 Å². The Morgan fingerprint density at radius 1 is 1.29 bits per heavy atom. The van der Waals surface area contributed by atoms with Crippen molar-refractivity contribution in [2.75, 3.05) is 11.6 Å². The number of thioether (sulfide) groups is 1. The fraction of sp³-hybridized carbons (Fsp3) is 0.133. The fourth-order valence-electron chi connectivity index (χ4n) is 1.99. The summed E-state index contributed by atoms with van der Waals surface area (Å²) in [5, 5.41) is 23.3. The highest BCUT2D eigenvalue weighted by Crippen LogP contribution is 2.27. The standard InChI is InChI=1S/C15H13N3O2S/c1-21-15-8-4-6-13(12(15)9-16)17-10-11-5-2-3-7-14(11)18(19)20/h2-8,17H,10H2,1H3. The van der Waals surface area contributed by atoms with E-state index in [0.717, 1.165) is 4.90 Å². The van der Waals surface area contributed by atoms with E-state index >= 15 is 0 Å². The molecule has 5 nitrogen and oxygen atoms in total. The van der Waals surface area contributed by atoms with Gasteiger partial charge in [-0.15, -0.1) is 11.8 Å². The van der Waals surface area contributed by atoms with Gasteiger partial charge in [0.25, 0.3) is 5.69 Å². The Hall–Kier alpha value is -2.52. The van der Waals surface area contributed by atoms with Gasteiger partial charge in [0.1, 0.15) is 6.07 Å². The van der Waals surface area contributed by atoms with Crippen LogP contribution < -0.4 is 5.32 Å². The van der Waals surface area contributed by atoms with Gasteiger partial charge in [-0.3, -0.25) is 10.1 Å². The lowest BCUT2D eigenvalue weighted by molar-refractivity contribution is -0.385. The molecular formula is C15H13N3O2S. The van der Waals surface area contributed by atoms with E-state index in [2.05, 4.69) is 11.4 Å². The van der Waals surface area contributed by atoms with Crippen LogP contribution in [0.5, 0.6) is 0 Å². The molecule has 0 heterocycles. The lowest BCUT2D eigenvalue weighted by Crippen LogP contribution is -2.04. The Morgan fingerprint density at radius 3 is 2.71 bits per heavy atom. The van der Waals surface area contributed by atoms with Crippen LogP contribution in [-0.2, 0) is 6.54 Å². The highest BCUT2D eigenvalue weighted by Gasteiger charge is 2.13. The number of hydrogen-bond acceptors (Lipinski definition) is 5. The normalized spacial score (nSPS) is 9.90. The van der Waals surface area contributed by atoms with Crippen molar-refractivity contribution in [3.05, 3.63) is 63.7 Å². The third-order valence-corrected chi connectivity index (χ3v) is 3.80. The Morgan fingerprint density at radius 2 is 2.05 bits per heavy atom. The number of anilines is 1. The van der Waals surface area contributed by atoms with Crippen LogP contribution in [0, 0.1) is 21.4 Å². The molecule has 0 amide bonds. The summed E-state index contributed by atoms with van der Waals surface area (Å²) in [6, 6.07) is 14.3. The van der Waals surface area contributed by atoms with Gasteiger partial charge in [-0.1, -0.05) is 24.3 Å². The van der Waals surface area contributed by atoms with Gasteiger partial charge < -0.3 is 5.32 Å². The summed E-state index contributed by atoms with van der Waals surface area (Å²) < 4.78 is 0. The molecule has 0 bridgehead atoms. The second-order valence-corrected chi connectivity index (χ2v) is 5.08. The number of nitriles is 1. The molecule has 0 aliphatic rings. The molecule has 0 aliphatic heterocycles. The SMILES string of the molecule is CSc1cccc(NCc2ccccc2[N+](=O)[O-])c1C#N. The Labute approximate surface area is 126 Å². The number of rotatable bonds is 5. The molecule has 2 aromatic rings. The van der Waals surface area contributed by atoms with E-state index in [1.54, 1.807) is 24.3 Å². The smallest absolute Gasteiger partial charge is 0.274 e. The number of benzene rings is 2. The molecule has 0 spiro atoms. The van der Waals surface area contributed by atoms with Gasteiger partial charge in [0.2, 0.25) is 0 Å². The summed E-state index contributed by atoms with van der Waals surface area (Å²) in [7, 11) is 0. The molecule has 0 aliphatic carbocycles. The molecule has 0 unspecified atom stereocenters. The van der Waals surface area contributed by atoms with Gasteiger partial charge in [-0.05, 0) is 18.4 Å². The predicted molar refractivity (Wildman–Crippen MR) is 83.4 cm³/mol. The predicted octanol–water partition coefficient (Wildman–Crippen LogP) is 3.80. The molecule has 0 aromatic heterocycles. The zero-order chi connectivity index (χ0) is 15.2. The van der Waals surface area contributed by atoms with E-state index in [0.29, 0.717) is 23.4 Å². The summed E-state index contributed by atoms with van der Waals surface area (Å²) in [6.07, 6.45) is 1.90. The topological polar surface area (TPSA) is 79.0 Å². The minimum Gasteiger partial charge on any atom is -0.380 e. The van der Waals surface area contributed by atoms with Gasteiger partial charge in [-0.25, -0.2) is 0 Å². The molecule has 0 saturated carbocycles. The highest BCUT2D eigenvalue weighted by molar-refractivity contribution is 7.98. The van der Waals surface area contributed by atoms with Crippen LogP contribution in [0.2, 0.25) is 0 Å². The lowest BCUT2D eigenvalue weighted by Gasteiger charge is -2.10. The number of nitrogens with one attached hydrogen (secondary N) is 1. The second kappa shape index (κ2) is 6.77. The van der Waals surface area contributed by atoms with Gasteiger partial charge in [0.15, 0.2) is 0 Å². The second-order valence-electron chi connectivity index (χ2n) is 4.23. The minimum atomic E-state index is -0.402. The molecular weight excluding hydrogens is 286 g/mol. The van der Waals surface area contributed by atoms with Crippen molar-refractivity contribution in [3.8, 4) is 6.07 Å². The maximum atomic E-state index is 11.0. The van der Waals surface area contributed by atoms with Crippen LogP contribution >= 0.6 is 11.8 Å². The van der Waals surface area contributed by atoms with Crippen LogP contribution in [0.15, 0.2) is 47.4 Å². The third kappa shape index (κ3) is 3.33. The Balaban J connectivity index is 2.26. The quantitative estimate of drug-likeness (QED) is 0.516. The van der Waals surface area contributed by atoms with Crippen molar-refractivity contribution in [2.24, 2.45) is 0 Å². The minimum absolute atomic E-state index is 0.0736. The third-order valence-electron chi connectivity index (χ3n) is 3.02. The van der Waals surface area contributed by atoms with E-state index in [1.165, 1.54) is 17.8 Å². The van der Waals surface area contributed by atoms with Crippen molar-refractivity contribution in [2.45, 2.75) is 11.4 Å². The average molecular weight is 299 g/mol. The van der Waals surface area contributed by atoms with Crippen molar-refractivity contribution in [1.82, 2.24) is 0 Å². The van der Waals surface area contributed by atoms with Crippen LogP contribution in [0.25, 0.3) is 0 Å². The monoisotopic (exact) mass is 299 g/mol. The molecule has 106 valence electrons. The van der Waals surface area contributed by atoms with E-state index < -0.39 is 4.92 Å². The molecule has 0 fully saturated rings. The van der Waals surface area contributed by atoms with E-state index in [1.807, 2.05) is 18.4 Å². The largest absolute Gasteiger partial charge is 0.380 e. The lowest BCUT2D eigenvalue weighted by atomic mass is 10.1. The zero-order valence-electron chi connectivity index (χ0n) is 11.4. The maximum Gasteiger partial charge on any atom is 0.274 e. The summed E-state index contributed by atoms with van der Waals surface area (Å²) in [6.45, 7) is 0.295. The first-order valence-corrected chi connectivity index (χ1v) is 7.43. The van der Waals surface area contributed by atoms with Crippen molar-refractivity contribution >= 4 is 23.1 Å². The van der Waals surface area contributed by atoms with Gasteiger partial charge in [-0.2, -0.15) is 5.26 Å². The molecule has 21 heavy (non-hydrogen) atoms. The molecule has 0 radical (unpaired) electrons. The molecule has 1 N–H and O–H groups in total. The molecule has 0 atom stereocenters. The first-order valence-electron chi connectivity index (χ1n) is 6.20. The van der Waals surface area contributed by atoms with Crippen LogP contribution in [-0.4, -0.2) is 11.2 Å².